The molecule has 0 saturated heterocycles. The largest absolute Gasteiger partial charge is 0.307 e. The Hall–Kier alpha value is -2.24. The number of carbonyl (C=O) groups excluding carboxylic acids is 1. The number of aromatic amines is 1. The number of aromatic nitrogens is 4. The van der Waals surface area contributed by atoms with E-state index < -0.39 is 0 Å². The minimum atomic E-state index is -0.0910. The molecule has 17 heavy (non-hydrogen) atoms. The van der Waals surface area contributed by atoms with Crippen LogP contribution in [0.4, 0.5) is 5.69 Å². The molecule has 2 rings (SSSR count). The normalized spacial score (nSPS) is 10.2. The highest BCUT2D eigenvalue weighted by molar-refractivity contribution is 6.06. The molecule has 2 heterocycles. The summed E-state index contributed by atoms with van der Waals surface area (Å²) < 4.78 is 0. The highest BCUT2D eigenvalue weighted by Gasteiger charge is 2.19. The van der Waals surface area contributed by atoms with E-state index in [0.29, 0.717) is 12.1 Å². The summed E-state index contributed by atoms with van der Waals surface area (Å²) in [5.74, 6) is -0.0910. The lowest BCUT2D eigenvalue weighted by Gasteiger charge is -2.19. The van der Waals surface area contributed by atoms with Crippen LogP contribution in [-0.2, 0) is 0 Å². The van der Waals surface area contributed by atoms with Gasteiger partial charge in [0.1, 0.15) is 0 Å². The van der Waals surface area contributed by atoms with E-state index in [-0.39, 0.29) is 5.91 Å². The number of hydrogen-bond acceptors (Lipinski definition) is 4. The quantitative estimate of drug-likeness (QED) is 0.860. The summed E-state index contributed by atoms with van der Waals surface area (Å²) in [5, 5.41) is 14.1. The van der Waals surface area contributed by atoms with Crippen molar-refractivity contribution in [1.29, 1.82) is 0 Å². The van der Waals surface area contributed by atoms with Gasteiger partial charge in [0.15, 0.2) is 0 Å². The molecular weight excluding hydrogens is 218 g/mol. The Morgan fingerprint density at radius 2 is 2.24 bits per heavy atom. The molecule has 0 unspecified atom stereocenters. The molecule has 0 spiro atoms. The first-order valence-electron chi connectivity index (χ1n) is 5.32. The van der Waals surface area contributed by atoms with Crippen molar-refractivity contribution in [2.45, 2.75) is 13.8 Å². The summed E-state index contributed by atoms with van der Waals surface area (Å²) in [6.45, 7) is 4.29. The van der Waals surface area contributed by atoms with Crippen molar-refractivity contribution < 1.29 is 4.79 Å². The lowest BCUT2D eigenvalue weighted by molar-refractivity contribution is 0.0987. The van der Waals surface area contributed by atoms with Crippen molar-refractivity contribution in [3.8, 4) is 0 Å². The second-order valence-corrected chi connectivity index (χ2v) is 3.56. The summed E-state index contributed by atoms with van der Waals surface area (Å²) >= 11 is 0. The molecular formula is C11H13N5O. The number of hydrogen-bond donors (Lipinski definition) is 1. The summed E-state index contributed by atoms with van der Waals surface area (Å²) in [5.41, 5.74) is 2.06. The molecule has 2 aromatic heterocycles. The smallest absolute Gasteiger partial charge is 0.261 e. The molecule has 0 aliphatic carbocycles. The summed E-state index contributed by atoms with van der Waals surface area (Å²) in [7, 11) is 0. The molecule has 2 aromatic rings. The molecule has 0 bridgehead atoms. The summed E-state index contributed by atoms with van der Waals surface area (Å²) in [4.78, 5) is 13.9. The number of H-pyrrole nitrogens is 1. The van der Waals surface area contributed by atoms with Gasteiger partial charge in [-0.3, -0.25) is 9.89 Å². The highest BCUT2D eigenvalue weighted by Crippen LogP contribution is 2.15. The fraction of sp³-hybridized carbons (Fsp3) is 0.273. The first-order valence-corrected chi connectivity index (χ1v) is 5.32. The zero-order valence-corrected chi connectivity index (χ0v) is 9.71. The Bertz CT molecular complexity index is 508. The predicted molar refractivity (Wildman–Crippen MR) is 62.7 cm³/mol. The number of carbonyl (C=O) groups is 1. The van der Waals surface area contributed by atoms with Crippen LogP contribution in [0.3, 0.4) is 0 Å². The fourth-order valence-corrected chi connectivity index (χ4v) is 1.60. The van der Waals surface area contributed by atoms with Crippen LogP contribution in [0, 0.1) is 6.92 Å². The average molecular weight is 231 g/mol. The maximum atomic E-state index is 12.3. The van der Waals surface area contributed by atoms with Gasteiger partial charge in [0.05, 0.1) is 29.8 Å². The number of amides is 1. The van der Waals surface area contributed by atoms with Crippen molar-refractivity contribution in [3.05, 3.63) is 35.9 Å². The molecule has 0 aliphatic heterocycles. The summed E-state index contributed by atoms with van der Waals surface area (Å²) in [6.07, 6.45) is 4.67. The molecule has 0 aliphatic rings. The molecule has 0 saturated carbocycles. The predicted octanol–water partition coefficient (Wildman–Crippen LogP) is 1.17. The van der Waals surface area contributed by atoms with Crippen LogP contribution in [-0.4, -0.2) is 32.8 Å². The van der Waals surface area contributed by atoms with Crippen molar-refractivity contribution in [2.24, 2.45) is 0 Å². The van der Waals surface area contributed by atoms with Gasteiger partial charge >= 0.3 is 0 Å². The third-order valence-corrected chi connectivity index (χ3v) is 2.50. The lowest BCUT2D eigenvalue weighted by Crippen LogP contribution is -2.31. The SMILES string of the molecule is CCN(C(=O)c1cn[nH]c1C)c1ccnnc1. The van der Waals surface area contributed by atoms with Gasteiger partial charge in [-0.2, -0.15) is 15.3 Å². The van der Waals surface area contributed by atoms with Crippen LogP contribution in [0.1, 0.15) is 23.0 Å². The van der Waals surface area contributed by atoms with Crippen molar-refractivity contribution >= 4 is 11.6 Å². The van der Waals surface area contributed by atoms with E-state index in [1.165, 1.54) is 6.20 Å². The monoisotopic (exact) mass is 231 g/mol. The standard InChI is InChI=1S/C11H13N5O/c1-3-16(9-4-5-12-13-6-9)11(17)10-7-14-15-8(10)2/h4-7H,3H2,1-2H3,(H,14,15). The molecule has 0 fully saturated rings. The van der Waals surface area contributed by atoms with Crippen LogP contribution in [0.25, 0.3) is 0 Å². The van der Waals surface area contributed by atoms with Crippen molar-refractivity contribution in [1.82, 2.24) is 20.4 Å². The zero-order valence-electron chi connectivity index (χ0n) is 9.71. The van der Waals surface area contributed by atoms with Crippen LogP contribution < -0.4 is 4.90 Å². The minimum Gasteiger partial charge on any atom is -0.307 e. The van der Waals surface area contributed by atoms with Gasteiger partial charge in [-0.15, -0.1) is 0 Å². The van der Waals surface area contributed by atoms with E-state index in [2.05, 4.69) is 20.4 Å². The van der Waals surface area contributed by atoms with Gasteiger partial charge in [-0.05, 0) is 19.9 Å². The molecule has 6 nitrogen and oxygen atoms in total. The van der Waals surface area contributed by atoms with E-state index in [4.69, 9.17) is 0 Å². The average Bonchev–Trinajstić information content (AvgIpc) is 2.77. The maximum absolute atomic E-state index is 12.3. The van der Waals surface area contributed by atoms with Gasteiger partial charge in [0, 0.05) is 12.2 Å². The second kappa shape index (κ2) is 4.73. The Morgan fingerprint density at radius 3 is 2.76 bits per heavy atom. The van der Waals surface area contributed by atoms with Gasteiger partial charge in [-0.1, -0.05) is 0 Å². The van der Waals surface area contributed by atoms with Crippen molar-refractivity contribution in [2.75, 3.05) is 11.4 Å². The van der Waals surface area contributed by atoms with Gasteiger partial charge < -0.3 is 4.90 Å². The number of aryl methyl sites for hydroxylation is 1. The fourth-order valence-electron chi connectivity index (χ4n) is 1.60. The number of anilines is 1. The molecule has 1 amide bonds. The van der Waals surface area contributed by atoms with E-state index >= 15 is 0 Å². The highest BCUT2D eigenvalue weighted by atomic mass is 16.2. The van der Waals surface area contributed by atoms with Crippen LogP contribution in [0.5, 0.6) is 0 Å². The topological polar surface area (TPSA) is 74.8 Å². The number of rotatable bonds is 3. The molecule has 88 valence electrons. The van der Waals surface area contributed by atoms with Gasteiger partial charge in [0.25, 0.3) is 5.91 Å². The second-order valence-electron chi connectivity index (χ2n) is 3.56. The van der Waals surface area contributed by atoms with Gasteiger partial charge in [-0.25, -0.2) is 0 Å². The van der Waals surface area contributed by atoms with Crippen LogP contribution >= 0.6 is 0 Å². The Kier molecular flexibility index (Phi) is 3.13. The number of nitrogens with one attached hydrogen (secondary N) is 1. The Labute approximate surface area is 98.7 Å². The molecule has 6 heteroatoms. The first-order chi connectivity index (χ1) is 8.24. The molecule has 0 radical (unpaired) electrons. The minimum absolute atomic E-state index is 0.0910. The van der Waals surface area contributed by atoms with E-state index in [1.54, 1.807) is 23.4 Å². The van der Waals surface area contributed by atoms with Crippen LogP contribution in [0.2, 0.25) is 0 Å². The zero-order chi connectivity index (χ0) is 12.3. The van der Waals surface area contributed by atoms with E-state index in [9.17, 15) is 4.79 Å². The van der Waals surface area contributed by atoms with Crippen molar-refractivity contribution in [3.63, 3.8) is 0 Å². The third-order valence-electron chi connectivity index (χ3n) is 2.50. The van der Waals surface area contributed by atoms with Crippen LogP contribution in [0.15, 0.2) is 24.7 Å². The molecule has 1 N–H and O–H groups in total. The Balaban J connectivity index is 2.32. The number of nitrogens with zero attached hydrogens (tertiary/aromatic N) is 4. The first kappa shape index (κ1) is 11.3. The lowest BCUT2D eigenvalue weighted by atomic mass is 10.2. The third kappa shape index (κ3) is 2.15. The van der Waals surface area contributed by atoms with Gasteiger partial charge in [0.2, 0.25) is 0 Å². The molecule has 0 aromatic carbocycles. The maximum Gasteiger partial charge on any atom is 0.261 e. The van der Waals surface area contributed by atoms with E-state index in [1.807, 2.05) is 13.8 Å². The summed E-state index contributed by atoms with van der Waals surface area (Å²) in [6, 6.07) is 1.75. The molecule has 0 atom stereocenters. The Morgan fingerprint density at radius 1 is 1.41 bits per heavy atom. The van der Waals surface area contributed by atoms with E-state index in [0.717, 1.165) is 11.4 Å².